The van der Waals surface area contributed by atoms with Gasteiger partial charge in [-0.1, -0.05) is 0 Å². The quantitative estimate of drug-likeness (QED) is 0.776. The molecule has 0 N–H and O–H groups in total. The lowest BCUT2D eigenvalue weighted by Crippen LogP contribution is -2.57. The Kier molecular flexibility index (Phi) is 4.04. The van der Waals surface area contributed by atoms with Gasteiger partial charge in [0.05, 0.1) is 5.60 Å². The molecule has 1 amide bonds. The predicted molar refractivity (Wildman–Crippen MR) is 78.6 cm³/mol. The van der Waals surface area contributed by atoms with E-state index >= 15 is 0 Å². The van der Waals surface area contributed by atoms with Crippen LogP contribution in [0.3, 0.4) is 0 Å². The van der Waals surface area contributed by atoms with Gasteiger partial charge >= 0.3 is 0 Å². The Labute approximate surface area is 122 Å². The normalized spacial score (nSPS) is 38.5. The zero-order chi connectivity index (χ0) is 14.2. The molecule has 2 heterocycles. The molecule has 3 unspecified atom stereocenters. The molecule has 3 atom stereocenters. The average molecular weight is 280 g/mol. The van der Waals surface area contributed by atoms with Crippen LogP contribution in [0.2, 0.25) is 0 Å². The topological polar surface area (TPSA) is 32.8 Å². The first-order chi connectivity index (χ1) is 9.61. The number of likely N-dealkylation sites (N-methyl/N-ethyl adjacent to an activating group) is 1. The number of carbonyl (C=O) groups is 1. The third-order valence-corrected chi connectivity index (χ3v) is 5.71. The molecule has 0 aromatic heterocycles. The van der Waals surface area contributed by atoms with E-state index in [2.05, 4.69) is 4.90 Å². The fraction of sp³-hybridized carbons (Fsp3) is 0.938. The first-order valence-corrected chi connectivity index (χ1v) is 8.23. The predicted octanol–water partition coefficient (Wildman–Crippen LogP) is 2.03. The second kappa shape index (κ2) is 5.64. The highest BCUT2D eigenvalue weighted by atomic mass is 16.5. The van der Waals surface area contributed by atoms with Gasteiger partial charge in [0.25, 0.3) is 0 Å². The molecule has 4 heteroatoms. The third-order valence-electron chi connectivity index (χ3n) is 5.71. The van der Waals surface area contributed by atoms with Crippen LogP contribution in [0.5, 0.6) is 0 Å². The number of ether oxygens (including phenoxy) is 1. The molecule has 1 saturated carbocycles. The van der Waals surface area contributed by atoms with Crippen molar-refractivity contribution in [2.75, 3.05) is 26.7 Å². The molecule has 20 heavy (non-hydrogen) atoms. The molecular weight excluding hydrogens is 252 g/mol. The first-order valence-electron chi connectivity index (χ1n) is 8.23. The summed E-state index contributed by atoms with van der Waals surface area (Å²) in [6.07, 6.45) is 8.38. The van der Waals surface area contributed by atoms with Crippen LogP contribution in [-0.2, 0) is 9.53 Å². The van der Waals surface area contributed by atoms with E-state index in [4.69, 9.17) is 4.74 Å². The zero-order valence-corrected chi connectivity index (χ0v) is 12.9. The van der Waals surface area contributed by atoms with E-state index in [1.54, 1.807) is 6.92 Å². The highest BCUT2D eigenvalue weighted by Gasteiger charge is 2.47. The van der Waals surface area contributed by atoms with Crippen molar-refractivity contribution < 1.29 is 9.53 Å². The molecule has 3 rings (SSSR count). The minimum absolute atomic E-state index is 0.126. The summed E-state index contributed by atoms with van der Waals surface area (Å²) in [7, 11) is 1.98. The van der Waals surface area contributed by atoms with E-state index in [0.717, 1.165) is 25.9 Å². The van der Waals surface area contributed by atoms with Crippen LogP contribution in [-0.4, -0.2) is 60.1 Å². The molecule has 3 fully saturated rings. The van der Waals surface area contributed by atoms with Crippen LogP contribution in [0, 0.1) is 0 Å². The van der Waals surface area contributed by atoms with E-state index in [0.29, 0.717) is 12.1 Å². The van der Waals surface area contributed by atoms with Gasteiger partial charge < -0.3 is 9.64 Å². The van der Waals surface area contributed by atoms with Gasteiger partial charge in [-0.25, -0.2) is 0 Å². The maximum atomic E-state index is 11.8. The summed E-state index contributed by atoms with van der Waals surface area (Å²) in [5.41, 5.74) is 0.126. The molecule has 114 valence electrons. The van der Waals surface area contributed by atoms with Crippen LogP contribution < -0.4 is 0 Å². The summed E-state index contributed by atoms with van der Waals surface area (Å²) in [4.78, 5) is 16.4. The number of nitrogens with zero attached hydrogens (tertiary/aromatic N) is 2. The number of hydrogen-bond donors (Lipinski definition) is 0. The van der Waals surface area contributed by atoms with Gasteiger partial charge in [0.2, 0.25) is 5.91 Å². The molecule has 0 bridgehead atoms. The van der Waals surface area contributed by atoms with Crippen molar-refractivity contribution in [2.45, 2.75) is 69.6 Å². The van der Waals surface area contributed by atoms with Gasteiger partial charge in [0.1, 0.15) is 0 Å². The Bertz CT molecular complexity index is 359. The van der Waals surface area contributed by atoms with Gasteiger partial charge in [0, 0.05) is 32.7 Å². The van der Waals surface area contributed by atoms with E-state index in [1.165, 1.54) is 38.8 Å². The van der Waals surface area contributed by atoms with Gasteiger partial charge in [-0.3, -0.25) is 9.69 Å². The standard InChI is InChI=1S/C16H28N2O2/c1-13(19)17(2)14-6-8-16(7-5-11-20-16)12-15(14)18-9-3-4-10-18/h14-15H,3-12H2,1-2H3. The van der Waals surface area contributed by atoms with Crippen LogP contribution in [0.1, 0.15) is 51.9 Å². The Morgan fingerprint density at radius 3 is 2.60 bits per heavy atom. The maximum Gasteiger partial charge on any atom is 0.219 e. The summed E-state index contributed by atoms with van der Waals surface area (Å²) in [5.74, 6) is 0.197. The molecule has 3 aliphatic rings. The summed E-state index contributed by atoms with van der Waals surface area (Å²) < 4.78 is 6.13. The van der Waals surface area contributed by atoms with Crippen molar-refractivity contribution in [1.29, 1.82) is 0 Å². The lowest BCUT2D eigenvalue weighted by molar-refractivity contribution is -0.135. The minimum Gasteiger partial charge on any atom is -0.375 e. The van der Waals surface area contributed by atoms with Crippen molar-refractivity contribution in [3.63, 3.8) is 0 Å². The molecule has 2 aliphatic heterocycles. The lowest BCUT2D eigenvalue weighted by Gasteiger charge is -2.48. The summed E-state index contributed by atoms with van der Waals surface area (Å²) >= 11 is 0. The molecule has 0 aromatic carbocycles. The van der Waals surface area contributed by atoms with Crippen LogP contribution in [0.4, 0.5) is 0 Å². The van der Waals surface area contributed by atoms with Gasteiger partial charge in [-0.2, -0.15) is 0 Å². The first kappa shape index (κ1) is 14.3. The minimum atomic E-state index is 0.126. The molecule has 2 saturated heterocycles. The number of amides is 1. The second-order valence-corrected chi connectivity index (χ2v) is 6.89. The largest absolute Gasteiger partial charge is 0.375 e. The van der Waals surface area contributed by atoms with Crippen LogP contribution >= 0.6 is 0 Å². The molecule has 1 spiro atoms. The smallest absolute Gasteiger partial charge is 0.219 e. The Morgan fingerprint density at radius 2 is 2.00 bits per heavy atom. The fourth-order valence-corrected chi connectivity index (χ4v) is 4.47. The number of carbonyl (C=O) groups excluding carboxylic acids is 1. The number of likely N-dealkylation sites (tertiary alicyclic amines) is 1. The van der Waals surface area contributed by atoms with E-state index < -0.39 is 0 Å². The third kappa shape index (κ3) is 2.60. The molecule has 0 radical (unpaired) electrons. The van der Waals surface area contributed by atoms with Gasteiger partial charge in [-0.05, 0) is 58.0 Å². The maximum absolute atomic E-state index is 11.8. The highest BCUT2D eigenvalue weighted by Crippen LogP contribution is 2.42. The SMILES string of the molecule is CC(=O)N(C)C1CCC2(CCCO2)CC1N1CCCC1. The second-order valence-electron chi connectivity index (χ2n) is 6.89. The Balaban J connectivity index is 1.77. The number of hydrogen-bond acceptors (Lipinski definition) is 3. The van der Waals surface area contributed by atoms with Crippen molar-refractivity contribution in [3.8, 4) is 0 Å². The lowest BCUT2D eigenvalue weighted by atomic mass is 9.76. The van der Waals surface area contributed by atoms with E-state index in [1.807, 2.05) is 11.9 Å². The molecule has 0 aromatic rings. The Hall–Kier alpha value is -0.610. The van der Waals surface area contributed by atoms with E-state index in [9.17, 15) is 4.79 Å². The Morgan fingerprint density at radius 1 is 1.25 bits per heavy atom. The summed E-state index contributed by atoms with van der Waals surface area (Å²) in [6, 6.07) is 0.874. The molecule has 4 nitrogen and oxygen atoms in total. The van der Waals surface area contributed by atoms with E-state index in [-0.39, 0.29) is 11.5 Å². The van der Waals surface area contributed by atoms with Gasteiger partial charge in [-0.15, -0.1) is 0 Å². The van der Waals surface area contributed by atoms with Crippen molar-refractivity contribution in [1.82, 2.24) is 9.80 Å². The summed E-state index contributed by atoms with van der Waals surface area (Å²) in [5, 5.41) is 0. The fourth-order valence-electron chi connectivity index (χ4n) is 4.47. The average Bonchev–Trinajstić information content (AvgIpc) is 3.09. The molecule has 1 aliphatic carbocycles. The van der Waals surface area contributed by atoms with Crippen molar-refractivity contribution >= 4 is 5.91 Å². The van der Waals surface area contributed by atoms with Crippen molar-refractivity contribution in [3.05, 3.63) is 0 Å². The number of rotatable bonds is 2. The van der Waals surface area contributed by atoms with Crippen LogP contribution in [0.25, 0.3) is 0 Å². The van der Waals surface area contributed by atoms with Crippen LogP contribution in [0.15, 0.2) is 0 Å². The summed E-state index contributed by atoms with van der Waals surface area (Å²) in [6.45, 7) is 5.02. The molecular formula is C16H28N2O2. The highest BCUT2D eigenvalue weighted by molar-refractivity contribution is 5.73. The monoisotopic (exact) mass is 280 g/mol. The van der Waals surface area contributed by atoms with Gasteiger partial charge in [0.15, 0.2) is 0 Å². The zero-order valence-electron chi connectivity index (χ0n) is 12.9. The van der Waals surface area contributed by atoms with Crippen molar-refractivity contribution in [2.24, 2.45) is 0 Å².